The van der Waals surface area contributed by atoms with Crippen LogP contribution >= 0.6 is 0 Å². The molecule has 1 heteroatoms. The molecule has 0 aliphatic carbocycles. The third-order valence-electron chi connectivity index (χ3n) is 2.05. The summed E-state index contributed by atoms with van der Waals surface area (Å²) in [6.45, 7) is 6.96. The van der Waals surface area contributed by atoms with Gasteiger partial charge in [0.25, 0.3) is 0 Å². The highest BCUT2D eigenvalue weighted by Crippen LogP contribution is 2.13. The maximum Gasteiger partial charge on any atom is 0.120 e. The second-order valence-corrected chi connectivity index (χ2v) is 3.59. The fraction of sp³-hybridized carbons (Fsp3) is 0.385. The topological polar surface area (TPSA) is 9.23 Å². The third-order valence-corrected chi connectivity index (χ3v) is 2.05. The van der Waals surface area contributed by atoms with E-state index < -0.39 is 0 Å². The van der Waals surface area contributed by atoms with Gasteiger partial charge in [-0.2, -0.15) is 0 Å². The normalized spacial score (nSPS) is 9.64. The van der Waals surface area contributed by atoms with E-state index in [1.165, 1.54) is 11.1 Å². The number of benzene rings is 1. The molecule has 0 N–H and O–H groups in total. The predicted molar refractivity (Wildman–Crippen MR) is 60.7 cm³/mol. The summed E-state index contributed by atoms with van der Waals surface area (Å²) >= 11 is 0. The highest BCUT2D eigenvalue weighted by atomic mass is 16.5. The molecule has 0 saturated heterocycles. The van der Waals surface area contributed by atoms with Crippen molar-refractivity contribution in [3.63, 3.8) is 0 Å². The third kappa shape index (κ3) is 3.65. The van der Waals surface area contributed by atoms with Gasteiger partial charge < -0.3 is 4.74 Å². The summed E-state index contributed by atoms with van der Waals surface area (Å²) in [5, 5.41) is 0. The average Bonchev–Trinajstić information content (AvgIpc) is 2.18. The van der Waals surface area contributed by atoms with Gasteiger partial charge in [-0.3, -0.25) is 0 Å². The van der Waals surface area contributed by atoms with Crippen LogP contribution in [-0.4, -0.2) is 6.61 Å². The zero-order valence-electron chi connectivity index (χ0n) is 9.21. The first-order valence-corrected chi connectivity index (χ1v) is 5.07. The van der Waals surface area contributed by atoms with E-state index in [1.54, 1.807) is 0 Å². The smallest absolute Gasteiger partial charge is 0.120 e. The van der Waals surface area contributed by atoms with Crippen molar-refractivity contribution < 1.29 is 4.74 Å². The van der Waals surface area contributed by atoms with E-state index in [1.807, 2.05) is 12.1 Å². The maximum absolute atomic E-state index is 5.58. The first-order chi connectivity index (χ1) is 6.72. The van der Waals surface area contributed by atoms with Crippen LogP contribution in [0, 0.1) is 0 Å². The summed E-state index contributed by atoms with van der Waals surface area (Å²) in [5.74, 6) is 0.960. The zero-order valence-corrected chi connectivity index (χ0v) is 9.21. The minimum atomic E-state index is 0.662. The molecule has 0 radical (unpaired) electrons. The highest BCUT2D eigenvalue weighted by Gasteiger charge is 1.93. The monoisotopic (exact) mass is 190 g/mol. The molecular weight excluding hydrogens is 172 g/mol. The fourth-order valence-corrected chi connectivity index (χ4v) is 1.16. The van der Waals surface area contributed by atoms with Gasteiger partial charge in [-0.05, 0) is 44.0 Å². The molecule has 0 aromatic heterocycles. The zero-order chi connectivity index (χ0) is 10.4. The largest absolute Gasteiger partial charge is 0.490 e. The quantitative estimate of drug-likeness (QED) is 0.659. The molecule has 1 rings (SSSR count). The first-order valence-electron chi connectivity index (χ1n) is 5.07. The van der Waals surface area contributed by atoms with Crippen molar-refractivity contribution in [2.45, 2.75) is 27.2 Å². The summed E-state index contributed by atoms with van der Waals surface area (Å²) in [4.78, 5) is 0. The van der Waals surface area contributed by atoms with Crippen LogP contribution in [0.1, 0.15) is 26.3 Å². The second kappa shape index (κ2) is 5.48. The van der Waals surface area contributed by atoms with E-state index in [2.05, 4.69) is 39.0 Å². The molecule has 1 aromatic carbocycles. The van der Waals surface area contributed by atoms with Crippen molar-refractivity contribution in [1.29, 1.82) is 0 Å². The molecule has 0 bridgehead atoms. The Bertz CT molecular complexity index is 309. The van der Waals surface area contributed by atoms with Gasteiger partial charge in [0.15, 0.2) is 0 Å². The maximum atomic E-state index is 5.58. The van der Waals surface area contributed by atoms with E-state index in [0.717, 1.165) is 12.2 Å². The molecule has 76 valence electrons. The first kappa shape index (κ1) is 10.8. The summed E-state index contributed by atoms with van der Waals surface area (Å²) in [7, 11) is 0. The van der Waals surface area contributed by atoms with E-state index >= 15 is 0 Å². The molecule has 0 aliphatic heterocycles. The van der Waals surface area contributed by atoms with Gasteiger partial charge in [0.2, 0.25) is 0 Å². The lowest BCUT2D eigenvalue weighted by molar-refractivity contribution is 0.361. The Balaban J connectivity index is 2.54. The van der Waals surface area contributed by atoms with Crippen molar-refractivity contribution in [2.75, 3.05) is 6.61 Å². The van der Waals surface area contributed by atoms with Gasteiger partial charge in [0.1, 0.15) is 12.4 Å². The molecular formula is C13H18O. The minimum absolute atomic E-state index is 0.662. The number of hydrogen-bond donors (Lipinski definition) is 0. The van der Waals surface area contributed by atoms with Crippen LogP contribution in [0.3, 0.4) is 0 Å². The molecule has 1 nitrogen and oxygen atoms in total. The Morgan fingerprint density at radius 2 is 2.14 bits per heavy atom. The SMILES string of the molecule is CCc1cccc(OCC=C(C)C)c1. The molecule has 0 amide bonds. The number of rotatable bonds is 4. The Hall–Kier alpha value is -1.24. The van der Waals surface area contributed by atoms with E-state index in [9.17, 15) is 0 Å². The lowest BCUT2D eigenvalue weighted by Gasteiger charge is -2.04. The molecule has 0 spiro atoms. The minimum Gasteiger partial charge on any atom is -0.490 e. The van der Waals surface area contributed by atoms with Gasteiger partial charge in [0.05, 0.1) is 0 Å². The Morgan fingerprint density at radius 1 is 1.36 bits per heavy atom. The van der Waals surface area contributed by atoms with Crippen LogP contribution in [-0.2, 0) is 6.42 Å². The lowest BCUT2D eigenvalue weighted by Crippen LogP contribution is -1.94. The van der Waals surface area contributed by atoms with E-state index in [-0.39, 0.29) is 0 Å². The Kier molecular flexibility index (Phi) is 4.24. The predicted octanol–water partition coefficient (Wildman–Crippen LogP) is 3.59. The van der Waals surface area contributed by atoms with Crippen LogP contribution < -0.4 is 4.74 Å². The second-order valence-electron chi connectivity index (χ2n) is 3.59. The van der Waals surface area contributed by atoms with Gasteiger partial charge >= 0.3 is 0 Å². The standard InChI is InChI=1S/C13H18O/c1-4-12-6-5-7-13(10-12)14-9-8-11(2)3/h5-8,10H,4,9H2,1-3H3. The van der Waals surface area contributed by atoms with E-state index in [4.69, 9.17) is 4.74 Å². The molecule has 0 unspecified atom stereocenters. The number of aryl methyl sites for hydroxylation is 1. The summed E-state index contributed by atoms with van der Waals surface area (Å²) in [5.41, 5.74) is 2.61. The van der Waals surface area contributed by atoms with Crippen LogP contribution in [0.2, 0.25) is 0 Å². The van der Waals surface area contributed by atoms with Crippen LogP contribution in [0.15, 0.2) is 35.9 Å². The van der Waals surface area contributed by atoms with E-state index in [0.29, 0.717) is 6.61 Å². The van der Waals surface area contributed by atoms with Crippen molar-refractivity contribution in [2.24, 2.45) is 0 Å². The van der Waals surface area contributed by atoms with Gasteiger partial charge in [0, 0.05) is 0 Å². The molecule has 14 heavy (non-hydrogen) atoms. The van der Waals surface area contributed by atoms with Crippen molar-refractivity contribution in [3.05, 3.63) is 41.5 Å². The molecule has 0 heterocycles. The van der Waals surface area contributed by atoms with Crippen LogP contribution in [0.25, 0.3) is 0 Å². The Labute approximate surface area is 86.4 Å². The molecule has 0 fully saturated rings. The summed E-state index contributed by atoms with van der Waals surface area (Å²) in [6.07, 6.45) is 3.14. The van der Waals surface area contributed by atoms with Crippen LogP contribution in [0.5, 0.6) is 5.75 Å². The molecule has 0 atom stereocenters. The van der Waals surface area contributed by atoms with Gasteiger partial charge in [-0.25, -0.2) is 0 Å². The average molecular weight is 190 g/mol. The highest BCUT2D eigenvalue weighted by molar-refractivity contribution is 5.28. The summed E-state index contributed by atoms with van der Waals surface area (Å²) < 4.78 is 5.58. The molecule has 0 aliphatic rings. The van der Waals surface area contributed by atoms with Crippen molar-refractivity contribution in [1.82, 2.24) is 0 Å². The van der Waals surface area contributed by atoms with Crippen molar-refractivity contribution >= 4 is 0 Å². The number of hydrogen-bond acceptors (Lipinski definition) is 1. The summed E-state index contributed by atoms with van der Waals surface area (Å²) in [6, 6.07) is 8.25. The number of allylic oxidation sites excluding steroid dienone is 1. The van der Waals surface area contributed by atoms with Crippen LogP contribution in [0.4, 0.5) is 0 Å². The van der Waals surface area contributed by atoms with Crippen molar-refractivity contribution in [3.8, 4) is 5.75 Å². The molecule has 1 aromatic rings. The fourth-order valence-electron chi connectivity index (χ4n) is 1.16. The van der Waals surface area contributed by atoms with Gasteiger partial charge in [-0.15, -0.1) is 0 Å². The Morgan fingerprint density at radius 3 is 2.79 bits per heavy atom. The molecule has 0 saturated carbocycles. The number of ether oxygens (including phenoxy) is 1. The lowest BCUT2D eigenvalue weighted by atomic mass is 10.2. The van der Waals surface area contributed by atoms with Gasteiger partial charge in [-0.1, -0.05) is 24.6 Å².